The third-order valence-electron chi connectivity index (χ3n) is 4.04. The Bertz CT molecular complexity index is 996. The van der Waals surface area contributed by atoms with E-state index in [4.69, 9.17) is 10.5 Å². The summed E-state index contributed by atoms with van der Waals surface area (Å²) in [6, 6.07) is 9.91. The number of rotatable bonds is 8. The number of nitrogens with one attached hydrogen (secondary N) is 2. The second kappa shape index (κ2) is 10.0. The molecule has 2 heterocycles. The number of guanidine groups is 1. The van der Waals surface area contributed by atoms with Crippen LogP contribution >= 0.6 is 22.7 Å². The fourth-order valence-electron chi connectivity index (χ4n) is 2.63. The highest BCUT2D eigenvalue weighted by atomic mass is 32.1. The minimum absolute atomic E-state index is 0.0432. The molecule has 0 saturated carbocycles. The molecule has 1 aromatic carbocycles. The standard InChI is InChI=1S/C20H23N5O2S2/c1-13(26)23-10-14-9-18(28-11-14)16-12-29-20(24-16)25-19(21)22-8-7-15-5-3-4-6-17(15)27-2/h3-6,9,11-12H,7-8,10H2,1-2H3,(H,23,26)(H3,21,22,24,25). The zero-order chi connectivity index (χ0) is 20.6. The molecule has 0 fully saturated rings. The molecule has 1 amide bonds. The normalized spacial score (nSPS) is 11.3. The van der Waals surface area contributed by atoms with Gasteiger partial charge in [-0.25, -0.2) is 4.98 Å². The minimum atomic E-state index is -0.0432. The van der Waals surface area contributed by atoms with Crippen LogP contribution in [0.15, 0.2) is 46.1 Å². The van der Waals surface area contributed by atoms with Crippen LogP contribution in [0.2, 0.25) is 0 Å². The van der Waals surface area contributed by atoms with Crippen LogP contribution < -0.4 is 21.1 Å². The molecule has 3 aromatic rings. The first-order chi connectivity index (χ1) is 14.0. The number of carbonyl (C=O) groups excluding carboxylic acids is 1. The van der Waals surface area contributed by atoms with E-state index in [0.29, 0.717) is 24.2 Å². The Morgan fingerprint density at radius 3 is 2.90 bits per heavy atom. The molecule has 0 unspecified atom stereocenters. The molecule has 0 saturated heterocycles. The summed E-state index contributed by atoms with van der Waals surface area (Å²) < 4.78 is 5.35. The van der Waals surface area contributed by atoms with Crippen molar-refractivity contribution in [3.8, 4) is 16.3 Å². The van der Waals surface area contributed by atoms with Gasteiger partial charge in [-0.15, -0.1) is 22.7 Å². The Morgan fingerprint density at radius 2 is 2.10 bits per heavy atom. The summed E-state index contributed by atoms with van der Waals surface area (Å²) >= 11 is 3.06. The molecule has 3 rings (SSSR count). The van der Waals surface area contributed by atoms with Gasteiger partial charge in [0.2, 0.25) is 5.91 Å². The smallest absolute Gasteiger partial charge is 0.217 e. The number of ether oxygens (including phenoxy) is 1. The number of hydrogen-bond acceptors (Lipinski definition) is 6. The van der Waals surface area contributed by atoms with Crippen molar-refractivity contribution >= 4 is 39.7 Å². The zero-order valence-electron chi connectivity index (χ0n) is 16.3. The lowest BCUT2D eigenvalue weighted by molar-refractivity contribution is -0.119. The molecule has 4 N–H and O–H groups in total. The number of nitrogens with two attached hydrogens (primary N) is 1. The number of thiophene rings is 1. The highest BCUT2D eigenvalue weighted by Crippen LogP contribution is 2.30. The first-order valence-corrected chi connectivity index (χ1v) is 10.8. The van der Waals surface area contributed by atoms with Crippen molar-refractivity contribution in [3.63, 3.8) is 0 Å². The van der Waals surface area contributed by atoms with Gasteiger partial charge in [-0.2, -0.15) is 0 Å². The van der Waals surface area contributed by atoms with Gasteiger partial charge in [0.15, 0.2) is 11.1 Å². The van der Waals surface area contributed by atoms with Crippen molar-refractivity contribution in [1.29, 1.82) is 0 Å². The van der Waals surface area contributed by atoms with Crippen molar-refractivity contribution in [2.75, 3.05) is 19.0 Å². The highest BCUT2D eigenvalue weighted by molar-refractivity contribution is 7.16. The molecule has 0 bridgehead atoms. The maximum absolute atomic E-state index is 11.0. The molecular formula is C20H23N5O2S2. The number of thiazole rings is 1. The van der Waals surface area contributed by atoms with E-state index in [1.54, 1.807) is 18.4 Å². The lowest BCUT2D eigenvalue weighted by atomic mass is 10.1. The van der Waals surface area contributed by atoms with Crippen molar-refractivity contribution < 1.29 is 9.53 Å². The summed E-state index contributed by atoms with van der Waals surface area (Å²) in [5.41, 5.74) is 9.02. The van der Waals surface area contributed by atoms with Crippen LogP contribution in [0.25, 0.3) is 10.6 Å². The number of amides is 1. The third kappa shape index (κ3) is 6.03. The van der Waals surface area contributed by atoms with E-state index in [0.717, 1.165) is 33.9 Å². The van der Waals surface area contributed by atoms with Gasteiger partial charge in [0, 0.05) is 25.4 Å². The minimum Gasteiger partial charge on any atom is -0.496 e. The van der Waals surface area contributed by atoms with Crippen molar-refractivity contribution in [1.82, 2.24) is 10.3 Å². The van der Waals surface area contributed by atoms with Crippen LogP contribution in [-0.2, 0) is 17.8 Å². The molecule has 0 radical (unpaired) electrons. The summed E-state index contributed by atoms with van der Waals surface area (Å²) in [5.74, 6) is 1.14. The first-order valence-electron chi connectivity index (χ1n) is 9.01. The number of carbonyl (C=O) groups is 1. The predicted octanol–water partition coefficient (Wildman–Crippen LogP) is 3.49. The number of aromatic nitrogens is 1. The molecule has 152 valence electrons. The summed E-state index contributed by atoms with van der Waals surface area (Å²) in [6.07, 6.45) is 0.738. The van der Waals surface area contributed by atoms with Gasteiger partial charge >= 0.3 is 0 Å². The number of nitrogens with zero attached hydrogens (tertiary/aromatic N) is 2. The van der Waals surface area contributed by atoms with E-state index >= 15 is 0 Å². The Labute approximate surface area is 177 Å². The molecule has 0 aliphatic carbocycles. The molecule has 9 heteroatoms. The van der Waals surface area contributed by atoms with Crippen LogP contribution in [0, 0.1) is 0 Å². The topological polar surface area (TPSA) is 102 Å². The Kier molecular flexibility index (Phi) is 7.20. The summed E-state index contributed by atoms with van der Waals surface area (Å²) in [6.45, 7) is 2.58. The summed E-state index contributed by atoms with van der Waals surface area (Å²) in [4.78, 5) is 21.0. The van der Waals surface area contributed by atoms with Crippen LogP contribution in [0.5, 0.6) is 5.75 Å². The lowest BCUT2D eigenvalue weighted by Gasteiger charge is -2.06. The fourth-order valence-corrected chi connectivity index (χ4v) is 4.30. The largest absolute Gasteiger partial charge is 0.496 e. The van der Waals surface area contributed by atoms with Gasteiger partial charge in [0.05, 0.1) is 17.7 Å². The van der Waals surface area contributed by atoms with E-state index in [1.165, 1.54) is 18.3 Å². The Balaban J connectivity index is 1.55. The van der Waals surface area contributed by atoms with Crippen LogP contribution in [-0.4, -0.2) is 30.5 Å². The van der Waals surface area contributed by atoms with Gasteiger partial charge in [-0.1, -0.05) is 18.2 Å². The average Bonchev–Trinajstić information content (AvgIpc) is 3.36. The van der Waals surface area contributed by atoms with Crippen LogP contribution in [0.1, 0.15) is 18.1 Å². The van der Waals surface area contributed by atoms with Gasteiger partial charge < -0.3 is 21.1 Å². The summed E-state index contributed by atoms with van der Waals surface area (Å²) in [7, 11) is 1.66. The monoisotopic (exact) mass is 429 g/mol. The second-order valence-electron chi connectivity index (χ2n) is 6.22. The quantitative estimate of drug-likeness (QED) is 0.376. The predicted molar refractivity (Wildman–Crippen MR) is 120 cm³/mol. The Hall–Kier alpha value is -2.91. The van der Waals surface area contributed by atoms with E-state index in [-0.39, 0.29) is 5.91 Å². The third-order valence-corrected chi connectivity index (χ3v) is 5.80. The van der Waals surface area contributed by atoms with Crippen LogP contribution in [0.3, 0.4) is 0 Å². The number of methoxy groups -OCH3 is 1. The van der Waals surface area contributed by atoms with Crippen molar-refractivity contribution in [2.24, 2.45) is 10.7 Å². The molecule has 0 aliphatic rings. The number of aliphatic imine (C=N–C) groups is 1. The van der Waals surface area contributed by atoms with Gasteiger partial charge in [-0.05, 0) is 35.1 Å². The van der Waals surface area contributed by atoms with E-state index in [9.17, 15) is 4.79 Å². The van der Waals surface area contributed by atoms with Gasteiger partial charge in [0.1, 0.15) is 5.75 Å². The van der Waals surface area contributed by atoms with E-state index in [2.05, 4.69) is 20.6 Å². The van der Waals surface area contributed by atoms with Gasteiger partial charge in [0.25, 0.3) is 0 Å². The first kappa shape index (κ1) is 20.8. The summed E-state index contributed by atoms with van der Waals surface area (Å²) in [5, 5.41) is 10.5. The number of para-hydroxylation sites is 1. The second-order valence-corrected chi connectivity index (χ2v) is 7.99. The molecule has 0 spiro atoms. The maximum atomic E-state index is 11.0. The van der Waals surface area contributed by atoms with Crippen molar-refractivity contribution in [2.45, 2.75) is 19.9 Å². The molecule has 29 heavy (non-hydrogen) atoms. The number of benzene rings is 1. The van der Waals surface area contributed by atoms with E-state index in [1.807, 2.05) is 41.1 Å². The lowest BCUT2D eigenvalue weighted by Crippen LogP contribution is -2.23. The molecular weight excluding hydrogens is 406 g/mol. The van der Waals surface area contributed by atoms with Crippen molar-refractivity contribution in [3.05, 3.63) is 52.2 Å². The molecule has 2 aromatic heterocycles. The van der Waals surface area contributed by atoms with E-state index < -0.39 is 0 Å². The Morgan fingerprint density at radius 1 is 1.28 bits per heavy atom. The van der Waals surface area contributed by atoms with Crippen LogP contribution in [0.4, 0.5) is 5.13 Å². The molecule has 0 aliphatic heterocycles. The SMILES string of the molecule is COc1ccccc1CCN=C(N)Nc1nc(-c2cc(CNC(C)=O)cs2)cs1. The number of anilines is 1. The highest BCUT2D eigenvalue weighted by Gasteiger charge is 2.09. The maximum Gasteiger partial charge on any atom is 0.217 e. The molecule has 7 nitrogen and oxygen atoms in total. The number of hydrogen-bond donors (Lipinski definition) is 3. The fraction of sp³-hybridized carbons (Fsp3) is 0.250. The average molecular weight is 430 g/mol. The van der Waals surface area contributed by atoms with Gasteiger partial charge in [-0.3, -0.25) is 9.79 Å². The molecule has 0 atom stereocenters. The zero-order valence-corrected chi connectivity index (χ0v) is 17.9.